The number of nitrogens with one attached hydrogen (secondary N) is 1. The lowest BCUT2D eigenvalue weighted by molar-refractivity contribution is -0.154. The van der Waals surface area contributed by atoms with Gasteiger partial charge in [0.25, 0.3) is 0 Å². The molecule has 0 spiro atoms. The minimum atomic E-state index is -3.74. The average Bonchev–Trinajstić information content (AvgIpc) is 2.46. The summed E-state index contributed by atoms with van der Waals surface area (Å²) in [6.07, 6.45) is 0.590. The van der Waals surface area contributed by atoms with Gasteiger partial charge in [0, 0.05) is 24.2 Å². The van der Waals surface area contributed by atoms with E-state index in [4.69, 9.17) is 4.74 Å². The maximum Gasteiger partial charge on any atom is 0.311 e. The van der Waals surface area contributed by atoms with Crippen LogP contribution in [0.5, 0.6) is 0 Å². The van der Waals surface area contributed by atoms with Crippen LogP contribution in [-0.4, -0.2) is 39.3 Å². The zero-order valence-corrected chi connectivity index (χ0v) is 13.6. The number of halogens is 1. The maximum absolute atomic E-state index is 12.2. The van der Waals surface area contributed by atoms with E-state index in [-0.39, 0.29) is 11.4 Å². The summed E-state index contributed by atoms with van der Waals surface area (Å²) in [5.74, 6) is -0.997. The van der Waals surface area contributed by atoms with Crippen molar-refractivity contribution < 1.29 is 23.1 Å². The number of sulfonamides is 1. The summed E-state index contributed by atoms with van der Waals surface area (Å²) in [5.41, 5.74) is -1.10. The monoisotopic (exact) mass is 377 g/mol. The zero-order chi connectivity index (χ0) is 15.5. The summed E-state index contributed by atoms with van der Waals surface area (Å²) < 4.78 is 32.7. The molecule has 0 unspecified atom stereocenters. The highest BCUT2D eigenvalue weighted by Gasteiger charge is 2.41. The highest BCUT2D eigenvalue weighted by Crippen LogP contribution is 2.30. The van der Waals surface area contributed by atoms with Gasteiger partial charge in [-0.1, -0.05) is 22.0 Å². The molecule has 0 aromatic heterocycles. The summed E-state index contributed by atoms with van der Waals surface area (Å²) in [7, 11) is -3.74. The second-order valence-corrected chi connectivity index (χ2v) is 7.66. The predicted octanol–water partition coefficient (Wildman–Crippen LogP) is 1.61. The van der Waals surface area contributed by atoms with Crippen LogP contribution in [0.25, 0.3) is 0 Å². The first kappa shape index (κ1) is 16.4. The Morgan fingerprint density at radius 3 is 2.62 bits per heavy atom. The lowest BCUT2D eigenvalue weighted by Crippen LogP contribution is -2.46. The van der Waals surface area contributed by atoms with Crippen LogP contribution in [0, 0.1) is 5.41 Å². The van der Waals surface area contributed by atoms with Gasteiger partial charge in [-0.2, -0.15) is 0 Å². The Kier molecular flexibility index (Phi) is 5.03. The maximum atomic E-state index is 12.2. The topological polar surface area (TPSA) is 92.7 Å². The summed E-state index contributed by atoms with van der Waals surface area (Å²) in [6.45, 7) is 0.510. The number of rotatable bonds is 5. The second-order valence-electron chi connectivity index (χ2n) is 4.98. The minimum absolute atomic E-state index is 0.101. The molecule has 2 rings (SSSR count). The summed E-state index contributed by atoms with van der Waals surface area (Å²) >= 11 is 3.21. The van der Waals surface area contributed by atoms with Gasteiger partial charge in [0.05, 0.1) is 10.3 Å². The van der Waals surface area contributed by atoms with Gasteiger partial charge in [0.1, 0.15) is 0 Å². The highest BCUT2D eigenvalue weighted by molar-refractivity contribution is 9.10. The molecule has 1 aromatic carbocycles. The van der Waals surface area contributed by atoms with E-state index >= 15 is 0 Å². The molecular weight excluding hydrogens is 362 g/mol. The van der Waals surface area contributed by atoms with Crippen LogP contribution in [0.15, 0.2) is 33.6 Å². The number of carbonyl (C=O) groups is 1. The molecule has 1 aliphatic rings. The first-order chi connectivity index (χ1) is 9.86. The van der Waals surface area contributed by atoms with Crippen molar-refractivity contribution in [3.63, 3.8) is 0 Å². The van der Waals surface area contributed by atoms with Crippen LogP contribution in [0.2, 0.25) is 0 Å². The van der Waals surface area contributed by atoms with Crippen LogP contribution in [0.4, 0.5) is 0 Å². The fourth-order valence-corrected chi connectivity index (χ4v) is 3.90. The molecule has 0 saturated carbocycles. The van der Waals surface area contributed by atoms with Crippen molar-refractivity contribution in [1.29, 1.82) is 0 Å². The molecule has 1 saturated heterocycles. The van der Waals surface area contributed by atoms with Crippen molar-refractivity contribution in [3.05, 3.63) is 28.7 Å². The molecular formula is C13H16BrNO5S. The normalized spacial score (nSPS) is 18.3. The Morgan fingerprint density at radius 1 is 1.38 bits per heavy atom. The first-order valence-corrected chi connectivity index (χ1v) is 8.70. The quantitative estimate of drug-likeness (QED) is 0.812. The Morgan fingerprint density at radius 2 is 2.05 bits per heavy atom. The number of hydrogen-bond donors (Lipinski definition) is 2. The van der Waals surface area contributed by atoms with E-state index in [1.165, 1.54) is 12.1 Å². The van der Waals surface area contributed by atoms with E-state index in [2.05, 4.69) is 20.7 Å². The number of ether oxygens (including phenoxy) is 1. The van der Waals surface area contributed by atoms with Crippen molar-refractivity contribution >= 4 is 31.9 Å². The number of carboxylic acids is 1. The molecule has 8 heteroatoms. The largest absolute Gasteiger partial charge is 0.481 e. The van der Waals surface area contributed by atoms with E-state index in [9.17, 15) is 18.3 Å². The zero-order valence-electron chi connectivity index (χ0n) is 11.2. The van der Waals surface area contributed by atoms with Crippen LogP contribution in [0.3, 0.4) is 0 Å². The second kappa shape index (κ2) is 6.43. The van der Waals surface area contributed by atoms with Gasteiger partial charge in [-0.25, -0.2) is 13.1 Å². The number of carboxylic acid groups (broad SMARTS) is 1. The molecule has 0 amide bonds. The summed E-state index contributed by atoms with van der Waals surface area (Å²) in [4.78, 5) is 11.6. The number of benzene rings is 1. The van der Waals surface area contributed by atoms with Crippen LogP contribution in [0.1, 0.15) is 12.8 Å². The summed E-state index contributed by atoms with van der Waals surface area (Å²) in [5, 5.41) is 9.40. The standard InChI is InChI=1S/C13H16BrNO5S/c14-10-2-1-3-11(8-10)21(18,19)15-9-13(12(16)17)4-6-20-7-5-13/h1-3,8,15H,4-7,9H2,(H,16,17). The van der Waals surface area contributed by atoms with Crippen LogP contribution in [-0.2, 0) is 19.6 Å². The molecule has 0 aliphatic carbocycles. The number of hydrogen-bond acceptors (Lipinski definition) is 4. The molecule has 0 bridgehead atoms. The van der Waals surface area contributed by atoms with Crippen molar-refractivity contribution in [3.8, 4) is 0 Å². The highest BCUT2D eigenvalue weighted by atomic mass is 79.9. The Hall–Kier alpha value is -0.960. The third-order valence-corrected chi connectivity index (χ3v) is 5.50. The van der Waals surface area contributed by atoms with Crippen molar-refractivity contribution in [2.45, 2.75) is 17.7 Å². The van der Waals surface area contributed by atoms with Crippen molar-refractivity contribution in [1.82, 2.24) is 4.72 Å². The molecule has 1 aromatic rings. The van der Waals surface area contributed by atoms with Gasteiger partial charge in [-0.05, 0) is 31.0 Å². The molecule has 1 heterocycles. The number of aliphatic carboxylic acids is 1. The van der Waals surface area contributed by atoms with E-state index in [1.807, 2.05) is 0 Å². The lowest BCUT2D eigenvalue weighted by atomic mass is 9.80. The Labute approximate surface area is 131 Å². The van der Waals surface area contributed by atoms with Gasteiger partial charge < -0.3 is 9.84 Å². The molecule has 2 N–H and O–H groups in total. The first-order valence-electron chi connectivity index (χ1n) is 6.42. The lowest BCUT2D eigenvalue weighted by Gasteiger charge is -2.33. The molecule has 0 radical (unpaired) electrons. The smallest absolute Gasteiger partial charge is 0.311 e. The van der Waals surface area contributed by atoms with E-state index < -0.39 is 21.4 Å². The SMILES string of the molecule is O=C(O)C1(CNS(=O)(=O)c2cccc(Br)c2)CCOCC1. The van der Waals surface area contributed by atoms with Gasteiger partial charge in [-0.3, -0.25) is 4.79 Å². The average molecular weight is 378 g/mol. The van der Waals surface area contributed by atoms with Crippen LogP contribution >= 0.6 is 15.9 Å². The van der Waals surface area contributed by atoms with Gasteiger partial charge >= 0.3 is 5.97 Å². The fourth-order valence-electron chi connectivity index (χ4n) is 2.18. The van der Waals surface area contributed by atoms with Gasteiger partial charge in [0.2, 0.25) is 10.0 Å². The third-order valence-electron chi connectivity index (χ3n) is 3.61. The van der Waals surface area contributed by atoms with Crippen LogP contribution < -0.4 is 4.72 Å². The third kappa shape index (κ3) is 3.82. The Bertz CT molecular complexity index is 625. The van der Waals surface area contributed by atoms with Gasteiger partial charge in [0.15, 0.2) is 0 Å². The Balaban J connectivity index is 2.15. The van der Waals surface area contributed by atoms with E-state index in [0.717, 1.165) is 0 Å². The van der Waals surface area contributed by atoms with Crippen molar-refractivity contribution in [2.75, 3.05) is 19.8 Å². The molecule has 116 valence electrons. The van der Waals surface area contributed by atoms with E-state index in [0.29, 0.717) is 30.5 Å². The molecule has 21 heavy (non-hydrogen) atoms. The predicted molar refractivity (Wildman–Crippen MR) is 79.5 cm³/mol. The fraction of sp³-hybridized carbons (Fsp3) is 0.462. The van der Waals surface area contributed by atoms with Gasteiger partial charge in [-0.15, -0.1) is 0 Å². The minimum Gasteiger partial charge on any atom is -0.481 e. The molecule has 1 fully saturated rings. The van der Waals surface area contributed by atoms with E-state index in [1.54, 1.807) is 12.1 Å². The molecule has 6 nitrogen and oxygen atoms in total. The molecule has 0 atom stereocenters. The molecule has 1 aliphatic heterocycles. The summed E-state index contributed by atoms with van der Waals surface area (Å²) in [6, 6.07) is 6.26. The van der Waals surface area contributed by atoms with Crippen molar-refractivity contribution in [2.24, 2.45) is 5.41 Å².